The lowest BCUT2D eigenvalue weighted by molar-refractivity contribution is 0.876. The Kier molecular flexibility index (Phi) is 4.99. The Morgan fingerprint density at radius 3 is 2.50 bits per heavy atom. The second-order valence-electron chi connectivity index (χ2n) is 4.66. The van der Waals surface area contributed by atoms with Gasteiger partial charge in [0.2, 0.25) is 0 Å². The number of halogens is 1. The van der Waals surface area contributed by atoms with Gasteiger partial charge in [-0.05, 0) is 24.1 Å². The zero-order chi connectivity index (χ0) is 14.5. The lowest BCUT2D eigenvalue weighted by atomic mass is 10.1. The van der Waals surface area contributed by atoms with Gasteiger partial charge in [0.15, 0.2) is 0 Å². The average Bonchev–Trinajstić information content (AvgIpc) is 2.45. The van der Waals surface area contributed by atoms with Crippen LogP contribution in [0.25, 0.3) is 0 Å². The van der Waals surface area contributed by atoms with Gasteiger partial charge >= 0.3 is 0 Å². The van der Waals surface area contributed by atoms with Crippen LogP contribution in [0.1, 0.15) is 11.1 Å². The smallest absolute Gasteiger partial charge is 0.107 e. The summed E-state index contributed by atoms with van der Waals surface area (Å²) in [6, 6.07) is 16.1. The third kappa shape index (κ3) is 3.50. The number of nitrogens with zero attached hydrogens (tertiary/aromatic N) is 1. The van der Waals surface area contributed by atoms with E-state index in [1.807, 2.05) is 31.3 Å². The summed E-state index contributed by atoms with van der Waals surface area (Å²) in [5.74, 6) is 0. The number of rotatable bonds is 5. The standard InChI is InChI=1S/C16H17ClN2S/c1-19(11-10-12-6-3-2-4-7-12)14-9-5-8-13(17)15(14)16(18)20/h2-9H,10-11H2,1H3,(H2,18,20). The Morgan fingerprint density at radius 2 is 1.85 bits per heavy atom. The van der Waals surface area contributed by atoms with Crippen LogP contribution < -0.4 is 10.6 Å². The highest BCUT2D eigenvalue weighted by Gasteiger charge is 2.13. The number of hydrogen-bond donors (Lipinski definition) is 1. The molecule has 2 aromatic rings. The van der Waals surface area contributed by atoms with E-state index in [0.29, 0.717) is 10.0 Å². The first-order valence-electron chi connectivity index (χ1n) is 6.43. The van der Waals surface area contributed by atoms with Gasteiger partial charge in [-0.2, -0.15) is 0 Å². The van der Waals surface area contributed by atoms with Crippen molar-refractivity contribution in [3.8, 4) is 0 Å². The number of thiocarbonyl (C=S) groups is 1. The number of benzene rings is 2. The summed E-state index contributed by atoms with van der Waals surface area (Å²) in [5, 5.41) is 0.599. The van der Waals surface area contributed by atoms with Crippen molar-refractivity contribution in [2.24, 2.45) is 5.73 Å². The van der Waals surface area contributed by atoms with Crippen LogP contribution in [0.3, 0.4) is 0 Å². The van der Waals surface area contributed by atoms with E-state index in [0.717, 1.165) is 24.2 Å². The van der Waals surface area contributed by atoms with Gasteiger partial charge in [-0.25, -0.2) is 0 Å². The lowest BCUT2D eigenvalue weighted by Gasteiger charge is -2.23. The summed E-state index contributed by atoms with van der Waals surface area (Å²) in [7, 11) is 2.02. The largest absolute Gasteiger partial charge is 0.389 e. The van der Waals surface area contributed by atoms with E-state index in [1.54, 1.807) is 0 Å². The zero-order valence-corrected chi connectivity index (χ0v) is 12.9. The van der Waals surface area contributed by atoms with E-state index < -0.39 is 0 Å². The third-order valence-electron chi connectivity index (χ3n) is 3.23. The van der Waals surface area contributed by atoms with Crippen molar-refractivity contribution in [3.63, 3.8) is 0 Å². The molecule has 0 saturated carbocycles. The Labute approximate surface area is 130 Å². The van der Waals surface area contributed by atoms with E-state index in [4.69, 9.17) is 29.6 Å². The predicted octanol–water partition coefficient (Wildman–Crippen LogP) is 3.65. The van der Waals surface area contributed by atoms with Crippen LogP contribution in [0.15, 0.2) is 48.5 Å². The molecular formula is C16H17ClN2S. The van der Waals surface area contributed by atoms with Gasteiger partial charge in [0.05, 0.1) is 10.6 Å². The molecule has 2 aromatic carbocycles. The molecule has 0 aliphatic rings. The molecule has 0 fully saturated rings. The molecule has 0 radical (unpaired) electrons. The van der Waals surface area contributed by atoms with Crippen LogP contribution >= 0.6 is 23.8 Å². The fraction of sp³-hybridized carbons (Fsp3) is 0.188. The summed E-state index contributed by atoms with van der Waals surface area (Å²) < 4.78 is 0. The molecule has 0 aliphatic heterocycles. The van der Waals surface area contributed by atoms with Gasteiger partial charge in [-0.1, -0.05) is 60.2 Å². The molecule has 0 aliphatic carbocycles. The highest BCUT2D eigenvalue weighted by atomic mass is 35.5. The van der Waals surface area contributed by atoms with Crippen LogP contribution in [0, 0.1) is 0 Å². The van der Waals surface area contributed by atoms with Gasteiger partial charge in [-0.3, -0.25) is 0 Å². The van der Waals surface area contributed by atoms with Crippen molar-refractivity contribution in [1.29, 1.82) is 0 Å². The molecule has 2 rings (SSSR count). The van der Waals surface area contributed by atoms with Crippen LogP contribution in [0.2, 0.25) is 5.02 Å². The minimum absolute atomic E-state index is 0.331. The van der Waals surface area contributed by atoms with Crippen LogP contribution in [-0.2, 0) is 6.42 Å². The van der Waals surface area contributed by atoms with E-state index in [-0.39, 0.29) is 0 Å². The van der Waals surface area contributed by atoms with Gasteiger partial charge in [-0.15, -0.1) is 0 Å². The van der Waals surface area contributed by atoms with Gasteiger partial charge in [0.1, 0.15) is 4.99 Å². The molecule has 104 valence electrons. The minimum Gasteiger partial charge on any atom is -0.389 e. The summed E-state index contributed by atoms with van der Waals surface area (Å²) in [5.41, 5.74) is 8.81. The molecule has 4 heteroatoms. The molecule has 0 aromatic heterocycles. The average molecular weight is 305 g/mol. The van der Waals surface area contributed by atoms with Crippen molar-refractivity contribution in [2.45, 2.75) is 6.42 Å². The maximum absolute atomic E-state index is 6.19. The first-order valence-corrected chi connectivity index (χ1v) is 7.21. The van der Waals surface area contributed by atoms with Crippen LogP contribution in [0.5, 0.6) is 0 Å². The van der Waals surface area contributed by atoms with Crippen molar-refractivity contribution in [1.82, 2.24) is 0 Å². The third-order valence-corrected chi connectivity index (χ3v) is 3.75. The van der Waals surface area contributed by atoms with Crippen LogP contribution in [0.4, 0.5) is 5.69 Å². The molecule has 0 atom stereocenters. The highest BCUT2D eigenvalue weighted by Crippen LogP contribution is 2.26. The Bertz CT molecular complexity index is 599. The first-order chi connectivity index (χ1) is 9.59. The number of likely N-dealkylation sites (N-methyl/N-ethyl adjacent to an activating group) is 1. The fourth-order valence-electron chi connectivity index (χ4n) is 2.14. The minimum atomic E-state index is 0.331. The molecule has 0 bridgehead atoms. The van der Waals surface area contributed by atoms with Crippen molar-refractivity contribution >= 4 is 34.5 Å². The normalized spacial score (nSPS) is 10.3. The molecule has 0 spiro atoms. The fourth-order valence-corrected chi connectivity index (χ4v) is 2.68. The van der Waals surface area contributed by atoms with Gasteiger partial charge in [0, 0.05) is 19.3 Å². The van der Waals surface area contributed by atoms with E-state index in [1.165, 1.54) is 5.56 Å². The monoisotopic (exact) mass is 304 g/mol. The number of nitrogens with two attached hydrogens (primary N) is 1. The number of hydrogen-bond acceptors (Lipinski definition) is 2. The summed E-state index contributed by atoms with van der Waals surface area (Å²) in [6.45, 7) is 0.875. The SMILES string of the molecule is CN(CCc1ccccc1)c1cccc(Cl)c1C(N)=S. The highest BCUT2D eigenvalue weighted by molar-refractivity contribution is 7.80. The van der Waals surface area contributed by atoms with E-state index in [9.17, 15) is 0 Å². The molecule has 0 unspecified atom stereocenters. The molecule has 2 nitrogen and oxygen atoms in total. The molecular weight excluding hydrogens is 288 g/mol. The van der Waals surface area contributed by atoms with Crippen molar-refractivity contribution in [3.05, 3.63) is 64.7 Å². The first kappa shape index (κ1) is 14.8. The summed E-state index contributed by atoms with van der Waals surface area (Å²) >= 11 is 11.3. The lowest BCUT2D eigenvalue weighted by Crippen LogP contribution is -2.24. The second-order valence-corrected chi connectivity index (χ2v) is 5.50. The Morgan fingerprint density at radius 1 is 1.15 bits per heavy atom. The molecule has 0 amide bonds. The van der Waals surface area contributed by atoms with Crippen molar-refractivity contribution in [2.75, 3.05) is 18.5 Å². The summed E-state index contributed by atoms with van der Waals surface area (Å²) in [4.78, 5) is 2.46. The van der Waals surface area contributed by atoms with Gasteiger partial charge < -0.3 is 10.6 Å². The van der Waals surface area contributed by atoms with Gasteiger partial charge in [0.25, 0.3) is 0 Å². The Balaban J connectivity index is 2.15. The topological polar surface area (TPSA) is 29.3 Å². The summed E-state index contributed by atoms with van der Waals surface area (Å²) in [6.07, 6.45) is 0.959. The molecule has 2 N–H and O–H groups in total. The van der Waals surface area contributed by atoms with Crippen molar-refractivity contribution < 1.29 is 0 Å². The predicted molar refractivity (Wildman–Crippen MR) is 90.8 cm³/mol. The maximum Gasteiger partial charge on any atom is 0.107 e. The second kappa shape index (κ2) is 6.73. The molecule has 0 heterocycles. The number of anilines is 1. The Hall–Kier alpha value is -1.58. The molecule has 0 saturated heterocycles. The van der Waals surface area contributed by atoms with E-state index in [2.05, 4.69) is 29.2 Å². The zero-order valence-electron chi connectivity index (χ0n) is 11.3. The van der Waals surface area contributed by atoms with Crippen LogP contribution in [-0.4, -0.2) is 18.6 Å². The quantitative estimate of drug-likeness (QED) is 0.855. The molecule has 20 heavy (non-hydrogen) atoms. The van der Waals surface area contributed by atoms with E-state index >= 15 is 0 Å². The maximum atomic E-state index is 6.19.